The fraction of sp³-hybridized carbons (Fsp3) is 0.538. The van der Waals surface area contributed by atoms with Gasteiger partial charge in [-0.05, 0) is 24.1 Å². The van der Waals surface area contributed by atoms with Gasteiger partial charge in [0, 0.05) is 13.2 Å². The zero-order valence-corrected chi connectivity index (χ0v) is 11.2. The van der Waals surface area contributed by atoms with Crippen LogP contribution >= 0.6 is 0 Å². The van der Waals surface area contributed by atoms with Crippen LogP contribution in [0.1, 0.15) is 11.1 Å². The van der Waals surface area contributed by atoms with E-state index in [1.54, 1.807) is 7.11 Å². The molecular weight excluding hydrogens is 273 g/mol. The second-order valence-corrected chi connectivity index (χ2v) is 4.33. The Morgan fingerprint density at radius 3 is 2.35 bits per heavy atom. The SMILES string of the molecule is COCCOCC(Cc1ccc(C(F)(F)F)cc1)NN. The summed E-state index contributed by atoms with van der Waals surface area (Å²) in [7, 11) is 1.57. The zero-order valence-electron chi connectivity index (χ0n) is 11.2. The van der Waals surface area contributed by atoms with Crippen LogP contribution in [0, 0.1) is 0 Å². The van der Waals surface area contributed by atoms with Crippen molar-refractivity contribution < 1.29 is 22.6 Å². The second-order valence-electron chi connectivity index (χ2n) is 4.33. The van der Waals surface area contributed by atoms with Crippen LogP contribution in [-0.4, -0.2) is 33.0 Å². The lowest BCUT2D eigenvalue weighted by Crippen LogP contribution is -2.40. The molecule has 4 nitrogen and oxygen atoms in total. The van der Waals surface area contributed by atoms with E-state index in [1.807, 2.05) is 0 Å². The molecule has 3 N–H and O–H groups in total. The number of halogens is 3. The molecule has 1 rings (SSSR count). The standard InChI is InChI=1S/C13H19F3N2O2/c1-19-6-7-20-9-12(18-17)8-10-2-4-11(5-3-10)13(14,15)16/h2-5,12,18H,6-9,17H2,1H3. The number of nitrogens with one attached hydrogen (secondary N) is 1. The Morgan fingerprint density at radius 1 is 1.20 bits per heavy atom. The van der Waals surface area contributed by atoms with Gasteiger partial charge in [-0.3, -0.25) is 11.3 Å². The van der Waals surface area contributed by atoms with Crippen molar-refractivity contribution in [2.75, 3.05) is 26.9 Å². The summed E-state index contributed by atoms with van der Waals surface area (Å²) in [5, 5.41) is 0. The first kappa shape index (κ1) is 16.9. The molecular formula is C13H19F3N2O2. The van der Waals surface area contributed by atoms with E-state index >= 15 is 0 Å². The number of alkyl halides is 3. The molecule has 0 heterocycles. The lowest BCUT2D eigenvalue weighted by atomic mass is 10.0. The third-order valence-corrected chi connectivity index (χ3v) is 2.75. The van der Waals surface area contributed by atoms with Crippen LogP contribution in [0.15, 0.2) is 24.3 Å². The maximum Gasteiger partial charge on any atom is 0.416 e. The molecule has 0 aromatic heterocycles. The van der Waals surface area contributed by atoms with Crippen molar-refractivity contribution in [1.29, 1.82) is 0 Å². The van der Waals surface area contributed by atoms with Gasteiger partial charge in [-0.25, -0.2) is 0 Å². The van der Waals surface area contributed by atoms with Crippen LogP contribution in [0.2, 0.25) is 0 Å². The Labute approximate surface area is 116 Å². The normalized spacial score (nSPS) is 13.4. The van der Waals surface area contributed by atoms with Gasteiger partial charge in [0.2, 0.25) is 0 Å². The maximum absolute atomic E-state index is 12.4. The van der Waals surface area contributed by atoms with E-state index in [4.69, 9.17) is 15.3 Å². The van der Waals surface area contributed by atoms with E-state index in [0.29, 0.717) is 26.2 Å². The lowest BCUT2D eigenvalue weighted by molar-refractivity contribution is -0.137. The number of benzene rings is 1. The zero-order chi connectivity index (χ0) is 15.0. The maximum atomic E-state index is 12.4. The topological polar surface area (TPSA) is 56.5 Å². The molecule has 20 heavy (non-hydrogen) atoms. The molecule has 0 saturated heterocycles. The van der Waals surface area contributed by atoms with Crippen LogP contribution in [0.25, 0.3) is 0 Å². The van der Waals surface area contributed by atoms with E-state index in [1.165, 1.54) is 12.1 Å². The average Bonchev–Trinajstić information content (AvgIpc) is 2.42. The highest BCUT2D eigenvalue weighted by atomic mass is 19.4. The molecule has 0 radical (unpaired) electrons. The summed E-state index contributed by atoms with van der Waals surface area (Å²) in [5.74, 6) is 5.39. The Morgan fingerprint density at radius 2 is 1.85 bits per heavy atom. The van der Waals surface area contributed by atoms with Gasteiger partial charge >= 0.3 is 6.18 Å². The van der Waals surface area contributed by atoms with Crippen LogP contribution in [0.5, 0.6) is 0 Å². The van der Waals surface area contributed by atoms with E-state index in [2.05, 4.69) is 5.43 Å². The Balaban J connectivity index is 2.49. The number of methoxy groups -OCH3 is 1. The summed E-state index contributed by atoms with van der Waals surface area (Å²) >= 11 is 0. The van der Waals surface area contributed by atoms with Gasteiger partial charge < -0.3 is 9.47 Å². The second kappa shape index (κ2) is 8.21. The van der Waals surface area contributed by atoms with Crippen molar-refractivity contribution in [2.24, 2.45) is 5.84 Å². The number of hydrazine groups is 1. The van der Waals surface area contributed by atoms with Gasteiger partial charge in [0.25, 0.3) is 0 Å². The first-order chi connectivity index (χ1) is 9.47. The molecule has 1 aromatic carbocycles. The van der Waals surface area contributed by atoms with E-state index < -0.39 is 11.7 Å². The highest BCUT2D eigenvalue weighted by Gasteiger charge is 2.29. The largest absolute Gasteiger partial charge is 0.416 e. The van der Waals surface area contributed by atoms with E-state index in [-0.39, 0.29) is 6.04 Å². The Bertz CT molecular complexity index is 382. The molecule has 0 aliphatic carbocycles. The van der Waals surface area contributed by atoms with Gasteiger partial charge in [0.1, 0.15) is 0 Å². The van der Waals surface area contributed by atoms with Gasteiger partial charge in [-0.1, -0.05) is 12.1 Å². The summed E-state index contributed by atoms with van der Waals surface area (Å²) in [6.07, 6.45) is -3.82. The summed E-state index contributed by atoms with van der Waals surface area (Å²) in [6, 6.07) is 4.86. The number of rotatable bonds is 8. The van der Waals surface area contributed by atoms with Crippen LogP contribution in [-0.2, 0) is 22.1 Å². The minimum absolute atomic E-state index is 0.163. The number of ether oxygens (including phenoxy) is 2. The quantitative estimate of drug-likeness (QED) is 0.435. The summed E-state index contributed by atoms with van der Waals surface area (Å²) < 4.78 is 47.4. The molecule has 0 saturated carbocycles. The van der Waals surface area contributed by atoms with Crippen molar-refractivity contribution in [3.8, 4) is 0 Å². The van der Waals surface area contributed by atoms with Crippen LogP contribution in [0.4, 0.5) is 13.2 Å². The number of hydrogen-bond acceptors (Lipinski definition) is 4. The smallest absolute Gasteiger partial charge is 0.382 e. The number of hydrogen-bond donors (Lipinski definition) is 2. The third-order valence-electron chi connectivity index (χ3n) is 2.75. The Kier molecular flexibility index (Phi) is 6.94. The monoisotopic (exact) mass is 292 g/mol. The minimum atomic E-state index is -4.31. The predicted octanol–water partition coefficient (Wildman–Crippen LogP) is 1.74. The molecule has 0 aliphatic heterocycles. The van der Waals surface area contributed by atoms with Crippen molar-refractivity contribution in [2.45, 2.75) is 18.6 Å². The van der Waals surface area contributed by atoms with Crippen molar-refractivity contribution in [1.82, 2.24) is 5.43 Å². The van der Waals surface area contributed by atoms with Gasteiger partial charge in [0.05, 0.1) is 25.4 Å². The summed E-state index contributed by atoms with van der Waals surface area (Å²) in [6.45, 7) is 1.29. The molecule has 0 amide bonds. The first-order valence-electron chi connectivity index (χ1n) is 6.16. The van der Waals surface area contributed by atoms with Gasteiger partial charge in [0.15, 0.2) is 0 Å². The van der Waals surface area contributed by atoms with Crippen molar-refractivity contribution >= 4 is 0 Å². The fourth-order valence-corrected chi connectivity index (χ4v) is 1.65. The van der Waals surface area contributed by atoms with Crippen LogP contribution in [0.3, 0.4) is 0 Å². The Hall–Kier alpha value is -1.15. The fourth-order valence-electron chi connectivity index (χ4n) is 1.65. The van der Waals surface area contributed by atoms with Crippen LogP contribution < -0.4 is 11.3 Å². The molecule has 0 spiro atoms. The molecule has 7 heteroatoms. The third kappa shape index (κ3) is 5.87. The molecule has 0 aliphatic rings. The summed E-state index contributed by atoms with van der Waals surface area (Å²) in [4.78, 5) is 0. The molecule has 1 atom stereocenters. The first-order valence-corrected chi connectivity index (χ1v) is 6.16. The summed E-state index contributed by atoms with van der Waals surface area (Å²) in [5.41, 5.74) is 2.69. The number of nitrogens with two attached hydrogens (primary N) is 1. The minimum Gasteiger partial charge on any atom is -0.382 e. The molecule has 1 aromatic rings. The van der Waals surface area contributed by atoms with E-state index in [9.17, 15) is 13.2 Å². The lowest BCUT2D eigenvalue weighted by Gasteiger charge is -2.16. The highest BCUT2D eigenvalue weighted by molar-refractivity contribution is 5.25. The molecule has 0 fully saturated rings. The van der Waals surface area contributed by atoms with Crippen molar-refractivity contribution in [3.05, 3.63) is 35.4 Å². The molecule has 114 valence electrons. The predicted molar refractivity (Wildman–Crippen MR) is 69.0 cm³/mol. The van der Waals surface area contributed by atoms with Crippen molar-refractivity contribution in [3.63, 3.8) is 0 Å². The van der Waals surface area contributed by atoms with Gasteiger partial charge in [-0.2, -0.15) is 13.2 Å². The average molecular weight is 292 g/mol. The molecule has 1 unspecified atom stereocenters. The van der Waals surface area contributed by atoms with E-state index in [0.717, 1.165) is 17.7 Å². The van der Waals surface area contributed by atoms with Gasteiger partial charge in [-0.15, -0.1) is 0 Å². The molecule has 0 bridgehead atoms. The highest BCUT2D eigenvalue weighted by Crippen LogP contribution is 2.29.